The van der Waals surface area contributed by atoms with Crippen LogP contribution in [0.5, 0.6) is 0 Å². The Kier molecular flexibility index (Phi) is 6.21. The second-order valence-electron chi connectivity index (χ2n) is 7.20. The van der Waals surface area contributed by atoms with Gasteiger partial charge in [0.15, 0.2) is 0 Å². The van der Waals surface area contributed by atoms with Crippen LogP contribution in [0.15, 0.2) is 24.3 Å². The number of amides is 3. The molecule has 3 rings (SSSR count). The number of piperazine rings is 1. The van der Waals surface area contributed by atoms with Gasteiger partial charge in [0.25, 0.3) is 0 Å². The van der Waals surface area contributed by atoms with E-state index in [-0.39, 0.29) is 30.4 Å². The maximum Gasteiger partial charge on any atom is 0.318 e. The molecular formula is C19H24ClN3O4. The van der Waals surface area contributed by atoms with Gasteiger partial charge in [0.05, 0.1) is 5.92 Å². The van der Waals surface area contributed by atoms with E-state index in [0.717, 1.165) is 5.56 Å². The van der Waals surface area contributed by atoms with Gasteiger partial charge in [-0.15, -0.1) is 0 Å². The smallest absolute Gasteiger partial charge is 0.318 e. The highest BCUT2D eigenvalue weighted by Gasteiger charge is 2.30. The molecule has 1 saturated heterocycles. The van der Waals surface area contributed by atoms with Gasteiger partial charge in [0, 0.05) is 30.7 Å². The van der Waals surface area contributed by atoms with Crippen LogP contribution in [-0.2, 0) is 16.1 Å². The second-order valence-corrected chi connectivity index (χ2v) is 7.64. The number of aliphatic carboxylic acids is 1. The highest BCUT2D eigenvalue weighted by molar-refractivity contribution is 6.30. The van der Waals surface area contributed by atoms with Crippen molar-refractivity contribution in [3.05, 3.63) is 34.9 Å². The average Bonchev–Trinajstić information content (AvgIpc) is 2.65. The maximum atomic E-state index is 12.4. The van der Waals surface area contributed by atoms with Crippen LogP contribution >= 0.6 is 11.6 Å². The van der Waals surface area contributed by atoms with Crippen LogP contribution in [0.3, 0.4) is 0 Å². The summed E-state index contributed by atoms with van der Waals surface area (Å²) in [4.78, 5) is 39.1. The summed E-state index contributed by atoms with van der Waals surface area (Å²) < 4.78 is 0. The Morgan fingerprint density at radius 2 is 1.78 bits per heavy atom. The number of urea groups is 1. The van der Waals surface area contributed by atoms with Crippen molar-refractivity contribution in [3.63, 3.8) is 0 Å². The average molecular weight is 394 g/mol. The van der Waals surface area contributed by atoms with Crippen LogP contribution in [0.4, 0.5) is 4.79 Å². The van der Waals surface area contributed by atoms with E-state index in [4.69, 9.17) is 16.7 Å². The SMILES string of the molecule is O=C(O)C1CCC(NC(=O)N2CCN(Cc3ccc(Cl)cc3)C(=O)C2)CC1. The predicted octanol–water partition coefficient (Wildman–Crippen LogP) is 2.34. The van der Waals surface area contributed by atoms with Gasteiger partial charge in [-0.2, -0.15) is 0 Å². The van der Waals surface area contributed by atoms with Crippen molar-refractivity contribution in [2.45, 2.75) is 38.3 Å². The minimum Gasteiger partial charge on any atom is -0.481 e. The number of nitrogens with one attached hydrogen (secondary N) is 1. The number of carboxylic acid groups (broad SMARTS) is 1. The zero-order valence-corrected chi connectivity index (χ0v) is 15.8. The Bertz CT molecular complexity index is 701. The molecule has 1 aliphatic heterocycles. The van der Waals surface area contributed by atoms with E-state index in [1.54, 1.807) is 17.0 Å². The van der Waals surface area contributed by atoms with Gasteiger partial charge in [0.1, 0.15) is 6.54 Å². The van der Waals surface area contributed by atoms with E-state index in [2.05, 4.69) is 5.32 Å². The lowest BCUT2D eigenvalue weighted by molar-refractivity contribution is -0.143. The summed E-state index contributed by atoms with van der Waals surface area (Å²) in [6, 6.07) is 7.11. The molecule has 2 fully saturated rings. The molecule has 27 heavy (non-hydrogen) atoms. The van der Waals surface area contributed by atoms with Crippen molar-refractivity contribution < 1.29 is 19.5 Å². The Morgan fingerprint density at radius 1 is 1.11 bits per heavy atom. The summed E-state index contributed by atoms with van der Waals surface area (Å²) in [5.41, 5.74) is 1.00. The molecular weight excluding hydrogens is 370 g/mol. The number of hydrogen-bond donors (Lipinski definition) is 2. The lowest BCUT2D eigenvalue weighted by Crippen LogP contribution is -2.55. The van der Waals surface area contributed by atoms with Crippen LogP contribution in [-0.4, -0.2) is 58.5 Å². The van der Waals surface area contributed by atoms with Gasteiger partial charge in [-0.05, 0) is 43.4 Å². The van der Waals surface area contributed by atoms with E-state index in [0.29, 0.717) is 50.3 Å². The minimum absolute atomic E-state index is 0.0182. The molecule has 7 nitrogen and oxygen atoms in total. The minimum atomic E-state index is -0.762. The predicted molar refractivity (Wildman–Crippen MR) is 100 cm³/mol. The Hall–Kier alpha value is -2.28. The van der Waals surface area contributed by atoms with Crippen molar-refractivity contribution in [2.24, 2.45) is 5.92 Å². The van der Waals surface area contributed by atoms with Gasteiger partial charge < -0.3 is 20.2 Å². The largest absolute Gasteiger partial charge is 0.481 e. The quantitative estimate of drug-likeness (QED) is 0.821. The molecule has 0 atom stereocenters. The maximum absolute atomic E-state index is 12.4. The normalized spacial score (nSPS) is 23.2. The number of halogens is 1. The molecule has 0 unspecified atom stereocenters. The second kappa shape index (κ2) is 8.61. The highest BCUT2D eigenvalue weighted by atomic mass is 35.5. The molecule has 1 aromatic rings. The molecule has 146 valence electrons. The van der Waals surface area contributed by atoms with Crippen LogP contribution in [0.2, 0.25) is 5.02 Å². The molecule has 1 heterocycles. The molecule has 1 saturated carbocycles. The first kappa shape index (κ1) is 19.5. The fraction of sp³-hybridized carbons (Fsp3) is 0.526. The Labute approximate surface area is 163 Å². The van der Waals surface area contributed by atoms with Crippen molar-refractivity contribution in [1.29, 1.82) is 0 Å². The van der Waals surface area contributed by atoms with Gasteiger partial charge in [-0.25, -0.2) is 4.79 Å². The first-order valence-corrected chi connectivity index (χ1v) is 9.60. The Balaban J connectivity index is 1.46. The highest BCUT2D eigenvalue weighted by Crippen LogP contribution is 2.24. The van der Waals surface area contributed by atoms with E-state index in [9.17, 15) is 14.4 Å². The van der Waals surface area contributed by atoms with Gasteiger partial charge in [-0.1, -0.05) is 23.7 Å². The summed E-state index contributed by atoms with van der Waals surface area (Å²) in [5, 5.41) is 12.6. The fourth-order valence-electron chi connectivity index (χ4n) is 3.61. The lowest BCUT2D eigenvalue weighted by atomic mass is 9.86. The number of rotatable bonds is 4. The molecule has 1 aromatic carbocycles. The molecule has 2 N–H and O–H groups in total. The number of carboxylic acids is 1. The molecule has 0 spiro atoms. The first-order valence-electron chi connectivity index (χ1n) is 9.23. The van der Waals surface area contributed by atoms with Gasteiger partial charge in [-0.3, -0.25) is 9.59 Å². The third-order valence-electron chi connectivity index (χ3n) is 5.30. The number of hydrogen-bond acceptors (Lipinski definition) is 3. The van der Waals surface area contributed by atoms with Crippen molar-refractivity contribution in [1.82, 2.24) is 15.1 Å². The summed E-state index contributed by atoms with van der Waals surface area (Å²) in [5.74, 6) is -1.15. The van der Waals surface area contributed by atoms with Crippen LogP contribution in [0, 0.1) is 5.92 Å². The van der Waals surface area contributed by atoms with Gasteiger partial charge >= 0.3 is 12.0 Å². The van der Waals surface area contributed by atoms with E-state index in [1.807, 2.05) is 12.1 Å². The number of carbonyl (C=O) groups is 3. The van der Waals surface area contributed by atoms with Crippen molar-refractivity contribution in [2.75, 3.05) is 19.6 Å². The first-order chi connectivity index (χ1) is 12.9. The van der Waals surface area contributed by atoms with Crippen LogP contribution in [0.25, 0.3) is 0 Å². The summed E-state index contributed by atoms with van der Waals surface area (Å²) in [6.07, 6.45) is 2.47. The molecule has 0 bridgehead atoms. The Morgan fingerprint density at radius 3 is 2.37 bits per heavy atom. The number of benzene rings is 1. The zero-order valence-electron chi connectivity index (χ0n) is 15.1. The lowest BCUT2D eigenvalue weighted by Gasteiger charge is -2.36. The zero-order chi connectivity index (χ0) is 19.4. The van der Waals surface area contributed by atoms with E-state index >= 15 is 0 Å². The molecule has 8 heteroatoms. The standard InChI is InChI=1S/C19H24ClN3O4/c20-15-5-1-13(2-6-15)11-22-9-10-23(12-17(22)24)19(27)21-16-7-3-14(4-8-16)18(25)26/h1-2,5-6,14,16H,3-4,7-12H2,(H,21,27)(H,25,26). The van der Waals surface area contributed by atoms with Gasteiger partial charge in [0.2, 0.25) is 5.91 Å². The summed E-state index contributed by atoms with van der Waals surface area (Å²) in [7, 11) is 0. The monoisotopic (exact) mass is 393 g/mol. The van der Waals surface area contributed by atoms with Crippen molar-refractivity contribution in [3.8, 4) is 0 Å². The number of carbonyl (C=O) groups excluding carboxylic acids is 2. The fourth-order valence-corrected chi connectivity index (χ4v) is 3.74. The number of nitrogens with zero attached hydrogens (tertiary/aromatic N) is 2. The van der Waals surface area contributed by atoms with Crippen LogP contribution < -0.4 is 5.32 Å². The topological polar surface area (TPSA) is 89.9 Å². The van der Waals surface area contributed by atoms with E-state index in [1.165, 1.54) is 4.90 Å². The molecule has 3 amide bonds. The molecule has 0 aromatic heterocycles. The third kappa shape index (κ3) is 5.13. The molecule has 0 radical (unpaired) electrons. The van der Waals surface area contributed by atoms with Crippen molar-refractivity contribution >= 4 is 29.5 Å². The summed E-state index contributed by atoms with van der Waals surface area (Å²) in [6.45, 7) is 1.53. The third-order valence-corrected chi connectivity index (χ3v) is 5.55. The summed E-state index contributed by atoms with van der Waals surface area (Å²) >= 11 is 5.88. The molecule has 1 aliphatic carbocycles. The van der Waals surface area contributed by atoms with E-state index < -0.39 is 5.97 Å². The molecule has 2 aliphatic rings. The van der Waals surface area contributed by atoms with Crippen LogP contribution in [0.1, 0.15) is 31.2 Å².